The quantitative estimate of drug-likeness (QED) is 0.811. The van der Waals surface area contributed by atoms with E-state index in [9.17, 15) is 9.59 Å². The molecular weight excluding hydrogens is 218 g/mol. The Bertz CT molecular complexity index is 398. The minimum atomic E-state index is -0.641. The summed E-state index contributed by atoms with van der Waals surface area (Å²) < 4.78 is 5.31. The molecule has 17 heavy (non-hydrogen) atoms. The molecule has 0 aliphatic carbocycles. The summed E-state index contributed by atoms with van der Waals surface area (Å²) >= 11 is 0. The van der Waals surface area contributed by atoms with Gasteiger partial charge in [-0.3, -0.25) is 4.79 Å². The first-order valence-electron chi connectivity index (χ1n) is 5.53. The van der Waals surface area contributed by atoms with Gasteiger partial charge in [0.25, 0.3) is 5.91 Å². The van der Waals surface area contributed by atoms with Crippen molar-refractivity contribution in [2.75, 3.05) is 0 Å². The van der Waals surface area contributed by atoms with Crippen LogP contribution in [0, 0.1) is 0 Å². The molecule has 0 aliphatic heterocycles. The zero-order valence-corrected chi connectivity index (χ0v) is 10.1. The molecule has 92 valence electrons. The second-order valence-corrected chi connectivity index (χ2v) is 4.01. The Morgan fingerprint density at radius 2 is 1.88 bits per heavy atom. The van der Waals surface area contributed by atoms with Gasteiger partial charge in [-0.2, -0.15) is 0 Å². The molecule has 1 amide bonds. The van der Waals surface area contributed by atoms with E-state index in [2.05, 4.69) is 0 Å². The number of nitrogens with two attached hydrogens (primary N) is 1. The number of aryl methyl sites for hydroxylation is 1. The highest BCUT2D eigenvalue weighted by Crippen LogP contribution is 2.14. The second kappa shape index (κ2) is 6.03. The largest absolute Gasteiger partial charge is 0.481 e. The van der Waals surface area contributed by atoms with Crippen LogP contribution in [0.2, 0.25) is 0 Å². The molecule has 0 fully saturated rings. The third kappa shape index (κ3) is 4.68. The molecule has 2 N–H and O–H groups in total. The van der Waals surface area contributed by atoms with Gasteiger partial charge >= 0.3 is 0 Å². The van der Waals surface area contributed by atoms with E-state index >= 15 is 0 Å². The van der Waals surface area contributed by atoms with E-state index in [1.807, 2.05) is 12.1 Å². The van der Waals surface area contributed by atoms with Gasteiger partial charge in [-0.25, -0.2) is 0 Å². The van der Waals surface area contributed by atoms with Crippen LogP contribution in [0.1, 0.15) is 25.8 Å². The molecule has 1 aromatic carbocycles. The molecule has 1 rings (SSSR count). The number of ketones is 1. The Labute approximate surface area is 101 Å². The van der Waals surface area contributed by atoms with E-state index in [-0.39, 0.29) is 5.78 Å². The molecule has 0 unspecified atom stereocenters. The van der Waals surface area contributed by atoms with Gasteiger partial charge < -0.3 is 15.3 Å². The summed E-state index contributed by atoms with van der Waals surface area (Å²) in [7, 11) is 0. The molecule has 0 aliphatic rings. The number of hydrogen-bond acceptors (Lipinski definition) is 3. The third-order valence-electron chi connectivity index (χ3n) is 2.40. The molecule has 0 aromatic heterocycles. The fourth-order valence-corrected chi connectivity index (χ4v) is 1.32. The Hall–Kier alpha value is -1.84. The highest BCUT2D eigenvalue weighted by atomic mass is 16.5. The van der Waals surface area contributed by atoms with Crippen molar-refractivity contribution in [2.45, 2.75) is 32.8 Å². The van der Waals surface area contributed by atoms with Crippen LogP contribution in [0.3, 0.4) is 0 Å². The van der Waals surface area contributed by atoms with Gasteiger partial charge in [0.2, 0.25) is 0 Å². The molecule has 1 aromatic rings. The SMILES string of the molecule is CC(=O)CCc1ccc(O[C@H](C)C(N)=O)cc1. The summed E-state index contributed by atoms with van der Waals surface area (Å²) in [6.45, 7) is 3.18. The van der Waals surface area contributed by atoms with Crippen molar-refractivity contribution in [3.8, 4) is 5.75 Å². The average molecular weight is 235 g/mol. The van der Waals surface area contributed by atoms with E-state index in [4.69, 9.17) is 10.5 Å². The summed E-state index contributed by atoms with van der Waals surface area (Å²) in [5.74, 6) is 0.279. The fraction of sp³-hybridized carbons (Fsp3) is 0.385. The van der Waals surface area contributed by atoms with Crippen molar-refractivity contribution < 1.29 is 14.3 Å². The van der Waals surface area contributed by atoms with Gasteiger partial charge in [-0.05, 0) is 38.0 Å². The van der Waals surface area contributed by atoms with Crippen LogP contribution in [0.25, 0.3) is 0 Å². The molecule has 0 spiro atoms. The minimum absolute atomic E-state index is 0.174. The predicted octanol–water partition coefficient (Wildman–Crippen LogP) is 1.46. The maximum Gasteiger partial charge on any atom is 0.258 e. The minimum Gasteiger partial charge on any atom is -0.481 e. The van der Waals surface area contributed by atoms with Crippen molar-refractivity contribution in [1.29, 1.82) is 0 Å². The normalized spacial score (nSPS) is 11.9. The highest BCUT2D eigenvalue weighted by Gasteiger charge is 2.09. The van der Waals surface area contributed by atoms with E-state index in [1.54, 1.807) is 26.0 Å². The monoisotopic (exact) mass is 235 g/mol. The summed E-state index contributed by atoms with van der Waals surface area (Å²) in [6, 6.07) is 7.31. The van der Waals surface area contributed by atoms with Gasteiger partial charge in [0, 0.05) is 6.42 Å². The first kappa shape index (κ1) is 13.2. The molecule has 0 heterocycles. The number of primary amides is 1. The fourth-order valence-electron chi connectivity index (χ4n) is 1.32. The van der Waals surface area contributed by atoms with Crippen molar-refractivity contribution in [3.05, 3.63) is 29.8 Å². The standard InChI is InChI=1S/C13H17NO3/c1-9(15)3-4-11-5-7-12(8-6-11)17-10(2)13(14)16/h5-8,10H,3-4H2,1-2H3,(H2,14,16)/t10-/m1/s1. The lowest BCUT2D eigenvalue weighted by atomic mass is 10.1. The van der Waals surface area contributed by atoms with Crippen molar-refractivity contribution >= 4 is 11.7 Å². The van der Waals surface area contributed by atoms with Gasteiger partial charge in [0.05, 0.1) is 0 Å². The van der Waals surface area contributed by atoms with Crippen molar-refractivity contribution in [2.24, 2.45) is 5.73 Å². The lowest BCUT2D eigenvalue weighted by molar-refractivity contribution is -0.124. The van der Waals surface area contributed by atoms with Gasteiger partial charge in [-0.15, -0.1) is 0 Å². The Morgan fingerprint density at radius 3 is 2.35 bits per heavy atom. The maximum atomic E-state index is 10.8. The average Bonchev–Trinajstić information content (AvgIpc) is 2.28. The van der Waals surface area contributed by atoms with E-state index in [0.717, 1.165) is 12.0 Å². The molecule has 0 radical (unpaired) electrons. The van der Waals surface area contributed by atoms with Gasteiger partial charge in [0.1, 0.15) is 11.5 Å². The number of carbonyl (C=O) groups is 2. The molecular formula is C13H17NO3. The lowest BCUT2D eigenvalue weighted by Gasteiger charge is -2.11. The molecule has 0 saturated carbocycles. The highest BCUT2D eigenvalue weighted by molar-refractivity contribution is 5.78. The summed E-state index contributed by atoms with van der Waals surface area (Å²) in [5, 5.41) is 0. The Balaban J connectivity index is 2.55. The first-order valence-corrected chi connectivity index (χ1v) is 5.53. The smallest absolute Gasteiger partial charge is 0.258 e. The van der Waals surface area contributed by atoms with Crippen molar-refractivity contribution in [1.82, 2.24) is 0 Å². The number of carbonyl (C=O) groups excluding carboxylic acids is 2. The summed E-state index contributed by atoms with van der Waals surface area (Å²) in [6.07, 6.45) is 0.622. The van der Waals surface area contributed by atoms with Crippen LogP contribution in [-0.4, -0.2) is 17.8 Å². The Kier molecular flexibility index (Phi) is 4.69. The number of ether oxygens (including phenoxy) is 1. The van der Waals surface area contributed by atoms with Gasteiger partial charge in [0.15, 0.2) is 6.10 Å². The number of benzene rings is 1. The zero-order valence-electron chi connectivity index (χ0n) is 10.1. The number of rotatable bonds is 6. The molecule has 4 heteroatoms. The number of hydrogen-bond donors (Lipinski definition) is 1. The topological polar surface area (TPSA) is 69.4 Å². The molecule has 0 saturated heterocycles. The number of Topliss-reactive ketones (excluding diaryl/α,β-unsaturated/α-hetero) is 1. The van der Waals surface area contributed by atoms with Crippen molar-refractivity contribution in [3.63, 3.8) is 0 Å². The Morgan fingerprint density at radius 1 is 1.29 bits per heavy atom. The van der Waals surface area contributed by atoms with E-state index < -0.39 is 12.0 Å². The summed E-state index contributed by atoms with van der Waals surface area (Å²) in [4.78, 5) is 21.6. The van der Waals surface area contributed by atoms with Gasteiger partial charge in [-0.1, -0.05) is 12.1 Å². The van der Waals surface area contributed by atoms with Crippen LogP contribution in [0.15, 0.2) is 24.3 Å². The van der Waals surface area contributed by atoms with E-state index in [1.165, 1.54) is 0 Å². The zero-order chi connectivity index (χ0) is 12.8. The second-order valence-electron chi connectivity index (χ2n) is 4.01. The predicted molar refractivity (Wildman–Crippen MR) is 64.7 cm³/mol. The number of amides is 1. The summed E-state index contributed by atoms with van der Waals surface area (Å²) in [5.41, 5.74) is 6.16. The lowest BCUT2D eigenvalue weighted by Crippen LogP contribution is -2.30. The van der Waals surface area contributed by atoms with Crippen LogP contribution in [0.5, 0.6) is 5.75 Å². The first-order chi connectivity index (χ1) is 7.99. The third-order valence-corrected chi connectivity index (χ3v) is 2.40. The molecule has 1 atom stereocenters. The maximum absolute atomic E-state index is 10.8. The molecule has 4 nitrogen and oxygen atoms in total. The molecule has 0 bridgehead atoms. The van der Waals surface area contributed by atoms with Crippen LogP contribution >= 0.6 is 0 Å². The van der Waals surface area contributed by atoms with Crippen LogP contribution in [-0.2, 0) is 16.0 Å². The van der Waals surface area contributed by atoms with Crippen LogP contribution in [0.4, 0.5) is 0 Å². The van der Waals surface area contributed by atoms with E-state index in [0.29, 0.717) is 12.2 Å². The van der Waals surface area contributed by atoms with Crippen LogP contribution < -0.4 is 10.5 Å².